The van der Waals surface area contributed by atoms with Crippen molar-refractivity contribution in [3.63, 3.8) is 0 Å². The molecule has 0 aromatic carbocycles. The fourth-order valence-electron chi connectivity index (χ4n) is 3.42. The molecule has 1 aliphatic rings. The Labute approximate surface area is 139 Å². The molecule has 1 aromatic rings. The Morgan fingerprint density at radius 1 is 1.30 bits per heavy atom. The number of ether oxygens (including phenoxy) is 1. The van der Waals surface area contributed by atoms with Crippen LogP contribution in [-0.4, -0.2) is 54.1 Å². The molecule has 23 heavy (non-hydrogen) atoms. The van der Waals surface area contributed by atoms with Gasteiger partial charge in [0, 0.05) is 20.1 Å². The first-order chi connectivity index (χ1) is 10.8. The summed E-state index contributed by atoms with van der Waals surface area (Å²) >= 11 is 0. The Morgan fingerprint density at radius 2 is 1.91 bits per heavy atom. The monoisotopic (exact) mass is 322 g/mol. The largest absolute Gasteiger partial charge is 0.464 e. The lowest BCUT2D eigenvalue weighted by molar-refractivity contribution is -0.145. The van der Waals surface area contributed by atoms with Crippen LogP contribution in [0.1, 0.15) is 39.2 Å². The summed E-state index contributed by atoms with van der Waals surface area (Å²) in [7, 11) is 1.85. The molecule has 0 saturated carbocycles. The van der Waals surface area contributed by atoms with Gasteiger partial charge < -0.3 is 14.1 Å². The van der Waals surface area contributed by atoms with E-state index in [-0.39, 0.29) is 30.1 Å². The molecule has 2 rings (SSSR count). The summed E-state index contributed by atoms with van der Waals surface area (Å²) < 4.78 is 11.4. The Kier molecular flexibility index (Phi) is 5.87. The van der Waals surface area contributed by atoms with Gasteiger partial charge in [-0.15, -0.1) is 0 Å². The van der Waals surface area contributed by atoms with Crippen LogP contribution in [0.4, 0.5) is 0 Å². The van der Waals surface area contributed by atoms with Gasteiger partial charge in [0.2, 0.25) is 5.91 Å². The maximum absolute atomic E-state index is 13.0. The van der Waals surface area contributed by atoms with Gasteiger partial charge in [-0.2, -0.15) is 0 Å². The Balaban J connectivity index is 2.08. The fourth-order valence-corrected chi connectivity index (χ4v) is 3.42. The maximum Gasteiger partial charge on any atom is 0.240 e. The Bertz CT molecular complexity index is 516. The zero-order valence-corrected chi connectivity index (χ0v) is 15.2. The van der Waals surface area contributed by atoms with Gasteiger partial charge in [-0.1, -0.05) is 13.8 Å². The van der Waals surface area contributed by atoms with Crippen LogP contribution in [0.3, 0.4) is 0 Å². The second-order valence-corrected chi connectivity index (χ2v) is 7.11. The normalized spacial score (nSPS) is 24.0. The zero-order valence-electron chi connectivity index (χ0n) is 15.2. The van der Waals surface area contributed by atoms with Gasteiger partial charge in [0.15, 0.2) is 0 Å². The van der Waals surface area contributed by atoms with E-state index in [2.05, 4.69) is 32.6 Å². The molecule has 5 nitrogen and oxygen atoms in total. The van der Waals surface area contributed by atoms with E-state index in [1.165, 1.54) is 0 Å². The van der Waals surface area contributed by atoms with Crippen molar-refractivity contribution in [2.75, 3.05) is 20.1 Å². The highest BCUT2D eigenvalue weighted by Gasteiger charge is 2.35. The molecule has 1 saturated heterocycles. The third-order valence-corrected chi connectivity index (χ3v) is 4.29. The van der Waals surface area contributed by atoms with Crippen molar-refractivity contribution in [2.24, 2.45) is 5.92 Å². The number of carbonyl (C=O) groups excluding carboxylic acids is 1. The van der Waals surface area contributed by atoms with Gasteiger partial charge in [0.05, 0.1) is 24.8 Å². The second kappa shape index (κ2) is 7.49. The van der Waals surface area contributed by atoms with Crippen LogP contribution in [0.5, 0.6) is 0 Å². The third-order valence-electron chi connectivity index (χ3n) is 4.29. The van der Waals surface area contributed by atoms with Crippen molar-refractivity contribution in [1.82, 2.24) is 9.80 Å². The summed E-state index contributed by atoms with van der Waals surface area (Å²) in [5.74, 6) is 2.10. The number of likely N-dealkylation sites (N-methyl/N-ethyl adjacent to an activating group) is 1. The topological polar surface area (TPSA) is 45.9 Å². The quantitative estimate of drug-likeness (QED) is 0.836. The smallest absolute Gasteiger partial charge is 0.240 e. The summed E-state index contributed by atoms with van der Waals surface area (Å²) in [6.45, 7) is 12.4. The minimum absolute atomic E-state index is 0.121. The van der Waals surface area contributed by atoms with Crippen LogP contribution in [-0.2, 0) is 16.1 Å². The van der Waals surface area contributed by atoms with Gasteiger partial charge >= 0.3 is 0 Å². The number of hydrogen-bond donors (Lipinski definition) is 0. The van der Waals surface area contributed by atoms with Crippen LogP contribution in [0.15, 0.2) is 16.5 Å². The molecule has 0 bridgehead atoms. The number of rotatable bonds is 5. The predicted molar refractivity (Wildman–Crippen MR) is 90.1 cm³/mol. The van der Waals surface area contributed by atoms with Crippen molar-refractivity contribution >= 4 is 5.91 Å². The molecule has 1 aromatic heterocycles. The molecule has 1 aliphatic heterocycles. The summed E-state index contributed by atoms with van der Waals surface area (Å²) in [6.07, 6.45) is 0.316. The van der Waals surface area contributed by atoms with E-state index in [9.17, 15) is 4.79 Å². The lowest BCUT2D eigenvalue weighted by Crippen LogP contribution is -2.57. The molecule has 0 N–H and O–H groups in total. The number of hydrogen-bond acceptors (Lipinski definition) is 4. The molecule has 0 spiro atoms. The standard InChI is InChI=1S/C18H30N2O3/c1-12(2)17(20-9-14(4)22-15(5)10-20)18(21)19(6)11-16-8-7-13(3)23-16/h7-8,12,14-15,17H,9-11H2,1-6H3. The fraction of sp³-hybridized carbons (Fsp3) is 0.722. The molecule has 3 unspecified atom stereocenters. The molecule has 0 aliphatic carbocycles. The van der Waals surface area contributed by atoms with E-state index in [1.807, 2.05) is 26.1 Å². The number of furan rings is 1. The molecule has 5 heteroatoms. The van der Waals surface area contributed by atoms with E-state index in [1.54, 1.807) is 4.90 Å². The van der Waals surface area contributed by atoms with Crippen molar-refractivity contribution in [2.45, 2.75) is 59.4 Å². The molecule has 1 amide bonds. The lowest BCUT2D eigenvalue weighted by Gasteiger charge is -2.42. The van der Waals surface area contributed by atoms with Crippen molar-refractivity contribution in [1.29, 1.82) is 0 Å². The van der Waals surface area contributed by atoms with E-state index >= 15 is 0 Å². The van der Waals surface area contributed by atoms with Crippen LogP contribution in [0.2, 0.25) is 0 Å². The minimum Gasteiger partial charge on any atom is -0.464 e. The van der Waals surface area contributed by atoms with Gasteiger partial charge in [0.1, 0.15) is 11.5 Å². The van der Waals surface area contributed by atoms with Crippen LogP contribution in [0, 0.1) is 12.8 Å². The number of carbonyl (C=O) groups is 1. The van der Waals surface area contributed by atoms with Gasteiger partial charge in [-0.3, -0.25) is 9.69 Å². The zero-order chi connectivity index (χ0) is 17.1. The highest BCUT2D eigenvalue weighted by molar-refractivity contribution is 5.82. The number of aryl methyl sites for hydroxylation is 1. The summed E-state index contributed by atoms with van der Waals surface area (Å²) in [4.78, 5) is 17.1. The van der Waals surface area contributed by atoms with E-state index in [0.717, 1.165) is 24.6 Å². The summed E-state index contributed by atoms with van der Waals surface area (Å²) in [5, 5.41) is 0. The van der Waals surface area contributed by atoms with E-state index in [0.29, 0.717) is 6.54 Å². The number of amides is 1. The first-order valence-corrected chi connectivity index (χ1v) is 8.47. The summed E-state index contributed by atoms with van der Waals surface area (Å²) in [6, 6.07) is 3.74. The second-order valence-electron chi connectivity index (χ2n) is 7.11. The van der Waals surface area contributed by atoms with Crippen molar-refractivity contribution in [3.8, 4) is 0 Å². The first-order valence-electron chi connectivity index (χ1n) is 8.47. The van der Waals surface area contributed by atoms with Crippen LogP contribution >= 0.6 is 0 Å². The SMILES string of the molecule is Cc1ccc(CN(C)C(=O)C(C(C)C)N2CC(C)OC(C)C2)o1. The Hall–Kier alpha value is -1.33. The highest BCUT2D eigenvalue weighted by atomic mass is 16.5. The molecule has 1 fully saturated rings. The van der Waals surface area contributed by atoms with Gasteiger partial charge in [0.25, 0.3) is 0 Å². The Morgan fingerprint density at radius 3 is 2.39 bits per heavy atom. The highest BCUT2D eigenvalue weighted by Crippen LogP contribution is 2.21. The molecular formula is C18H30N2O3. The van der Waals surface area contributed by atoms with E-state index in [4.69, 9.17) is 9.15 Å². The maximum atomic E-state index is 13.0. The molecule has 2 heterocycles. The first kappa shape index (κ1) is 18.0. The van der Waals surface area contributed by atoms with Gasteiger partial charge in [-0.05, 0) is 38.8 Å². The van der Waals surface area contributed by atoms with Gasteiger partial charge in [-0.25, -0.2) is 0 Å². The van der Waals surface area contributed by atoms with Crippen LogP contribution in [0.25, 0.3) is 0 Å². The molecular weight excluding hydrogens is 292 g/mol. The van der Waals surface area contributed by atoms with Crippen molar-refractivity contribution in [3.05, 3.63) is 23.7 Å². The molecule has 3 atom stereocenters. The minimum atomic E-state index is -0.121. The number of nitrogens with zero attached hydrogens (tertiary/aromatic N) is 2. The molecule has 0 radical (unpaired) electrons. The predicted octanol–water partition coefficient (Wildman–Crippen LogP) is 2.68. The van der Waals surface area contributed by atoms with Crippen LogP contribution < -0.4 is 0 Å². The summed E-state index contributed by atoms with van der Waals surface area (Å²) in [5.41, 5.74) is 0. The lowest BCUT2D eigenvalue weighted by atomic mass is 9.99. The average Bonchev–Trinajstić information content (AvgIpc) is 2.82. The number of morpholine rings is 1. The van der Waals surface area contributed by atoms with Crippen molar-refractivity contribution < 1.29 is 13.9 Å². The average molecular weight is 322 g/mol. The molecule has 130 valence electrons. The van der Waals surface area contributed by atoms with E-state index < -0.39 is 0 Å². The third kappa shape index (κ3) is 4.58.